The standard InChI is InChI=1S/C18H29N5O2/c1-4-22-10-6-5-7-15(22)17(25)23-11-8-13-14(9-12-23)19-18(21(2)3)20-16(13)24/h15H,4-12H2,1-3H3,(H,19,20,24)/t15-/m0/s1. The number of hydrogen-bond donors (Lipinski definition) is 1. The van der Waals surface area contributed by atoms with Gasteiger partial charge < -0.3 is 9.80 Å². The monoisotopic (exact) mass is 347 g/mol. The molecule has 0 aromatic carbocycles. The van der Waals surface area contributed by atoms with Crippen LogP contribution in [0.4, 0.5) is 5.95 Å². The number of H-pyrrole nitrogens is 1. The molecule has 1 aromatic rings. The van der Waals surface area contributed by atoms with E-state index in [1.807, 2.05) is 19.0 Å². The second kappa shape index (κ2) is 7.56. The van der Waals surface area contributed by atoms with E-state index in [9.17, 15) is 9.59 Å². The molecule has 3 heterocycles. The number of anilines is 1. The number of carbonyl (C=O) groups is 1. The molecule has 0 spiro atoms. The Kier molecular flexibility index (Phi) is 5.42. The number of likely N-dealkylation sites (tertiary alicyclic amines) is 1. The molecule has 3 rings (SSSR count). The van der Waals surface area contributed by atoms with Gasteiger partial charge in [-0.2, -0.15) is 0 Å². The third kappa shape index (κ3) is 3.71. The second-order valence-electron chi connectivity index (χ2n) is 7.17. The van der Waals surface area contributed by atoms with Crippen molar-refractivity contribution in [3.63, 3.8) is 0 Å². The zero-order valence-electron chi connectivity index (χ0n) is 15.5. The summed E-state index contributed by atoms with van der Waals surface area (Å²) in [6, 6.07) is 0.00328. The number of nitrogens with zero attached hydrogens (tertiary/aromatic N) is 4. The van der Waals surface area contributed by atoms with E-state index in [1.165, 1.54) is 6.42 Å². The molecular formula is C18H29N5O2. The fourth-order valence-corrected chi connectivity index (χ4v) is 3.89. The van der Waals surface area contributed by atoms with Crippen LogP contribution in [0.1, 0.15) is 37.4 Å². The van der Waals surface area contributed by atoms with Crippen LogP contribution in [0.5, 0.6) is 0 Å². The highest BCUT2D eigenvalue weighted by Gasteiger charge is 2.32. The van der Waals surface area contributed by atoms with Gasteiger partial charge in [0.15, 0.2) is 0 Å². The molecule has 25 heavy (non-hydrogen) atoms. The Morgan fingerprint density at radius 3 is 2.72 bits per heavy atom. The van der Waals surface area contributed by atoms with Crippen molar-refractivity contribution < 1.29 is 4.79 Å². The second-order valence-corrected chi connectivity index (χ2v) is 7.17. The summed E-state index contributed by atoms with van der Waals surface area (Å²) in [6.07, 6.45) is 4.46. The van der Waals surface area contributed by atoms with Crippen LogP contribution in [0.2, 0.25) is 0 Å². The lowest BCUT2D eigenvalue weighted by Crippen LogP contribution is -2.51. The van der Waals surface area contributed by atoms with E-state index < -0.39 is 0 Å². The molecular weight excluding hydrogens is 318 g/mol. The molecule has 1 fully saturated rings. The fraction of sp³-hybridized carbons (Fsp3) is 0.722. The molecule has 0 saturated carbocycles. The molecule has 0 aliphatic carbocycles. The molecule has 138 valence electrons. The number of aromatic nitrogens is 2. The van der Waals surface area contributed by atoms with Crippen molar-refractivity contribution in [3.8, 4) is 0 Å². The molecule has 0 bridgehead atoms. The smallest absolute Gasteiger partial charge is 0.255 e. The molecule has 1 atom stereocenters. The fourth-order valence-electron chi connectivity index (χ4n) is 3.89. The SMILES string of the molecule is CCN1CCCC[C@H]1C(=O)N1CCc2nc(N(C)C)[nH]c(=O)c2CC1. The average molecular weight is 347 g/mol. The summed E-state index contributed by atoms with van der Waals surface area (Å²) in [5.74, 6) is 0.798. The maximum atomic E-state index is 13.1. The van der Waals surface area contributed by atoms with Gasteiger partial charge in [-0.1, -0.05) is 13.3 Å². The molecule has 1 saturated heterocycles. The van der Waals surface area contributed by atoms with Gasteiger partial charge in [-0.05, 0) is 32.4 Å². The van der Waals surface area contributed by atoms with E-state index in [0.29, 0.717) is 31.9 Å². The van der Waals surface area contributed by atoms with Gasteiger partial charge in [-0.15, -0.1) is 0 Å². The number of piperidine rings is 1. The van der Waals surface area contributed by atoms with Gasteiger partial charge in [-0.3, -0.25) is 19.5 Å². The first-order valence-electron chi connectivity index (χ1n) is 9.33. The highest BCUT2D eigenvalue weighted by Crippen LogP contribution is 2.20. The topological polar surface area (TPSA) is 72.5 Å². The molecule has 0 unspecified atom stereocenters. The van der Waals surface area contributed by atoms with Gasteiger partial charge in [0, 0.05) is 39.2 Å². The first kappa shape index (κ1) is 17.9. The van der Waals surface area contributed by atoms with Crippen molar-refractivity contribution in [1.82, 2.24) is 19.8 Å². The number of carbonyl (C=O) groups excluding carboxylic acids is 1. The lowest BCUT2D eigenvalue weighted by Gasteiger charge is -2.36. The summed E-state index contributed by atoms with van der Waals surface area (Å²) in [7, 11) is 3.72. The van der Waals surface area contributed by atoms with Crippen LogP contribution in [0.15, 0.2) is 4.79 Å². The number of rotatable bonds is 3. The Labute approximate surface area is 149 Å². The third-order valence-electron chi connectivity index (χ3n) is 5.38. The molecule has 0 radical (unpaired) electrons. The van der Waals surface area contributed by atoms with Crippen LogP contribution in [0.25, 0.3) is 0 Å². The Hall–Kier alpha value is -1.89. The van der Waals surface area contributed by atoms with Gasteiger partial charge in [0.05, 0.1) is 11.7 Å². The number of hydrogen-bond acceptors (Lipinski definition) is 5. The van der Waals surface area contributed by atoms with Crippen LogP contribution in [0, 0.1) is 0 Å². The van der Waals surface area contributed by atoms with Gasteiger partial charge in [0.1, 0.15) is 0 Å². The first-order valence-corrected chi connectivity index (χ1v) is 9.33. The van der Waals surface area contributed by atoms with E-state index >= 15 is 0 Å². The molecule has 2 aliphatic rings. The first-order chi connectivity index (χ1) is 12.0. The van der Waals surface area contributed by atoms with Gasteiger partial charge in [0.25, 0.3) is 5.56 Å². The van der Waals surface area contributed by atoms with Gasteiger partial charge in [-0.25, -0.2) is 4.98 Å². The van der Waals surface area contributed by atoms with Crippen molar-refractivity contribution in [1.29, 1.82) is 0 Å². The highest BCUT2D eigenvalue weighted by atomic mass is 16.2. The molecule has 1 aromatic heterocycles. The van der Waals surface area contributed by atoms with Crippen LogP contribution in [0.3, 0.4) is 0 Å². The van der Waals surface area contributed by atoms with Crippen molar-refractivity contribution >= 4 is 11.9 Å². The van der Waals surface area contributed by atoms with E-state index in [4.69, 9.17) is 0 Å². The molecule has 1 amide bonds. The predicted octanol–water partition coefficient (Wildman–Crippen LogP) is 0.638. The summed E-state index contributed by atoms with van der Waals surface area (Å²) < 4.78 is 0. The Morgan fingerprint density at radius 2 is 2.00 bits per heavy atom. The molecule has 7 heteroatoms. The number of nitrogens with one attached hydrogen (secondary N) is 1. The maximum absolute atomic E-state index is 13.1. The zero-order valence-corrected chi connectivity index (χ0v) is 15.5. The van der Waals surface area contributed by atoms with Crippen LogP contribution in [-0.4, -0.2) is 72.0 Å². The zero-order chi connectivity index (χ0) is 18.0. The normalized spacial score (nSPS) is 21.6. The molecule has 7 nitrogen and oxygen atoms in total. The minimum absolute atomic E-state index is 0.00328. The Bertz CT molecular complexity index is 685. The van der Waals surface area contributed by atoms with Gasteiger partial charge >= 0.3 is 0 Å². The summed E-state index contributed by atoms with van der Waals surface area (Å²) in [5, 5.41) is 0. The van der Waals surface area contributed by atoms with Crippen LogP contribution < -0.4 is 10.5 Å². The number of amides is 1. The number of fused-ring (bicyclic) bond motifs is 1. The lowest BCUT2D eigenvalue weighted by atomic mass is 10.0. The van der Waals surface area contributed by atoms with Crippen molar-refractivity contribution in [2.24, 2.45) is 0 Å². The largest absolute Gasteiger partial charge is 0.348 e. The minimum atomic E-state index is -0.0733. The van der Waals surface area contributed by atoms with E-state index in [1.54, 1.807) is 4.90 Å². The molecule has 1 N–H and O–H groups in total. The minimum Gasteiger partial charge on any atom is -0.348 e. The van der Waals surface area contributed by atoms with Crippen LogP contribution >= 0.6 is 0 Å². The van der Waals surface area contributed by atoms with Crippen LogP contribution in [-0.2, 0) is 17.6 Å². The maximum Gasteiger partial charge on any atom is 0.255 e. The summed E-state index contributed by atoms with van der Waals surface area (Å²) in [6.45, 7) is 5.29. The Balaban J connectivity index is 1.76. The average Bonchev–Trinajstić information content (AvgIpc) is 2.84. The van der Waals surface area contributed by atoms with Crippen molar-refractivity contribution in [2.75, 3.05) is 45.2 Å². The predicted molar refractivity (Wildman–Crippen MR) is 98.1 cm³/mol. The van der Waals surface area contributed by atoms with E-state index in [-0.39, 0.29) is 17.5 Å². The highest BCUT2D eigenvalue weighted by molar-refractivity contribution is 5.82. The number of likely N-dealkylation sites (N-methyl/N-ethyl adjacent to an activating group) is 1. The third-order valence-corrected chi connectivity index (χ3v) is 5.38. The van der Waals surface area contributed by atoms with Crippen molar-refractivity contribution in [3.05, 3.63) is 21.6 Å². The van der Waals surface area contributed by atoms with Crippen molar-refractivity contribution in [2.45, 2.75) is 45.1 Å². The van der Waals surface area contributed by atoms with E-state index in [2.05, 4.69) is 21.8 Å². The quantitative estimate of drug-likeness (QED) is 0.869. The summed E-state index contributed by atoms with van der Waals surface area (Å²) in [5.41, 5.74) is 1.49. The number of aromatic amines is 1. The summed E-state index contributed by atoms with van der Waals surface area (Å²) >= 11 is 0. The Morgan fingerprint density at radius 1 is 1.24 bits per heavy atom. The lowest BCUT2D eigenvalue weighted by molar-refractivity contribution is -0.138. The molecule has 2 aliphatic heterocycles. The van der Waals surface area contributed by atoms with E-state index in [0.717, 1.165) is 37.2 Å². The summed E-state index contributed by atoms with van der Waals surface area (Å²) in [4.78, 5) is 38.9. The van der Waals surface area contributed by atoms with Gasteiger partial charge in [0.2, 0.25) is 11.9 Å².